The first-order valence-electron chi connectivity index (χ1n) is 5.04. The molecule has 0 atom stereocenters. The number of halogens is 1. The third-order valence-corrected chi connectivity index (χ3v) is 2.24. The van der Waals surface area contributed by atoms with Gasteiger partial charge in [-0.15, -0.1) is 0 Å². The van der Waals surface area contributed by atoms with Crippen molar-refractivity contribution in [3.8, 4) is 11.5 Å². The lowest BCUT2D eigenvalue weighted by atomic mass is 10.2. The molecular weight excluding hydrogens is 239 g/mol. The zero-order valence-electron chi connectivity index (χ0n) is 9.54. The van der Waals surface area contributed by atoms with Crippen molar-refractivity contribution in [2.45, 2.75) is 0 Å². The summed E-state index contributed by atoms with van der Waals surface area (Å²) in [5.41, 5.74) is 5.62. The number of oxime groups is 1. The van der Waals surface area contributed by atoms with E-state index in [1.165, 1.54) is 23.0 Å². The van der Waals surface area contributed by atoms with Crippen LogP contribution in [0, 0.1) is 5.82 Å². The van der Waals surface area contributed by atoms with Crippen molar-refractivity contribution in [2.24, 2.45) is 17.9 Å². The number of nitrogens with zero attached hydrogens (tertiary/aromatic N) is 3. The summed E-state index contributed by atoms with van der Waals surface area (Å²) in [5, 5.41) is 15.2. The summed E-state index contributed by atoms with van der Waals surface area (Å²) in [5.74, 6) is -0.310. The van der Waals surface area contributed by atoms with Gasteiger partial charge in [0.1, 0.15) is 0 Å². The Morgan fingerprint density at radius 3 is 2.89 bits per heavy atom. The van der Waals surface area contributed by atoms with E-state index in [1.54, 1.807) is 13.2 Å². The summed E-state index contributed by atoms with van der Waals surface area (Å²) in [4.78, 5) is 0. The van der Waals surface area contributed by atoms with E-state index in [0.717, 1.165) is 6.07 Å². The molecule has 0 saturated carbocycles. The lowest BCUT2D eigenvalue weighted by Crippen LogP contribution is -2.13. The summed E-state index contributed by atoms with van der Waals surface area (Å²) in [6.07, 6.45) is 3.08. The Hall–Kier alpha value is -2.57. The van der Waals surface area contributed by atoms with Crippen LogP contribution in [-0.2, 0) is 7.05 Å². The molecule has 6 nitrogen and oxygen atoms in total. The Kier molecular flexibility index (Phi) is 3.13. The van der Waals surface area contributed by atoms with Gasteiger partial charge >= 0.3 is 0 Å². The monoisotopic (exact) mass is 250 g/mol. The number of ether oxygens (including phenoxy) is 1. The third kappa shape index (κ3) is 2.40. The molecule has 0 amide bonds. The van der Waals surface area contributed by atoms with Crippen molar-refractivity contribution < 1.29 is 14.3 Å². The Morgan fingerprint density at radius 1 is 1.56 bits per heavy atom. The minimum absolute atomic E-state index is 0.0393. The van der Waals surface area contributed by atoms with Gasteiger partial charge < -0.3 is 15.7 Å². The van der Waals surface area contributed by atoms with E-state index in [1.807, 2.05) is 0 Å². The highest BCUT2D eigenvalue weighted by Crippen LogP contribution is 2.24. The number of aryl methyl sites for hydroxylation is 1. The molecule has 18 heavy (non-hydrogen) atoms. The molecule has 2 rings (SSSR count). The number of amidine groups is 1. The molecule has 0 saturated heterocycles. The highest BCUT2D eigenvalue weighted by Gasteiger charge is 2.09. The number of nitrogens with two attached hydrogens (primary N) is 1. The molecule has 1 aromatic carbocycles. The third-order valence-electron chi connectivity index (χ3n) is 2.24. The van der Waals surface area contributed by atoms with Gasteiger partial charge in [-0.3, -0.25) is 4.68 Å². The van der Waals surface area contributed by atoms with Gasteiger partial charge in [-0.2, -0.15) is 5.10 Å². The summed E-state index contributed by atoms with van der Waals surface area (Å²) in [7, 11) is 1.73. The average molecular weight is 250 g/mol. The molecule has 0 unspecified atom stereocenters. The molecule has 3 N–H and O–H groups in total. The van der Waals surface area contributed by atoms with Crippen molar-refractivity contribution in [3.05, 3.63) is 42.0 Å². The quantitative estimate of drug-likeness (QED) is 0.373. The second kappa shape index (κ2) is 4.74. The van der Waals surface area contributed by atoms with Gasteiger partial charge in [-0.05, 0) is 18.2 Å². The normalized spacial score (nSPS) is 11.6. The summed E-state index contributed by atoms with van der Waals surface area (Å²) < 4.78 is 20.5. The maximum absolute atomic E-state index is 13.7. The van der Waals surface area contributed by atoms with Crippen LogP contribution in [0.1, 0.15) is 5.56 Å². The van der Waals surface area contributed by atoms with E-state index < -0.39 is 5.82 Å². The number of aromatic nitrogens is 2. The van der Waals surface area contributed by atoms with Crippen molar-refractivity contribution >= 4 is 5.84 Å². The van der Waals surface area contributed by atoms with Crippen LogP contribution in [0.5, 0.6) is 11.5 Å². The fourth-order valence-corrected chi connectivity index (χ4v) is 1.38. The first kappa shape index (κ1) is 11.9. The zero-order valence-corrected chi connectivity index (χ0v) is 9.54. The largest absolute Gasteiger partial charge is 0.451 e. The molecule has 94 valence electrons. The second-order valence-corrected chi connectivity index (χ2v) is 3.58. The van der Waals surface area contributed by atoms with Crippen LogP contribution in [0.3, 0.4) is 0 Å². The molecule has 0 bridgehead atoms. The van der Waals surface area contributed by atoms with Crippen LogP contribution in [0.25, 0.3) is 0 Å². The predicted octanol–water partition coefficient (Wildman–Crippen LogP) is 1.45. The summed E-state index contributed by atoms with van der Waals surface area (Å²) in [6, 6.07) is 4.01. The van der Waals surface area contributed by atoms with E-state index in [4.69, 9.17) is 15.7 Å². The summed E-state index contributed by atoms with van der Waals surface area (Å²) >= 11 is 0. The van der Waals surface area contributed by atoms with Gasteiger partial charge in [-0.1, -0.05) is 5.16 Å². The van der Waals surface area contributed by atoms with E-state index in [0.29, 0.717) is 5.75 Å². The lowest BCUT2D eigenvalue weighted by Gasteiger charge is -2.05. The molecule has 0 aliphatic heterocycles. The Morgan fingerprint density at radius 2 is 2.33 bits per heavy atom. The van der Waals surface area contributed by atoms with Crippen molar-refractivity contribution in [2.75, 3.05) is 0 Å². The van der Waals surface area contributed by atoms with Gasteiger partial charge in [0, 0.05) is 12.6 Å². The van der Waals surface area contributed by atoms with Crippen LogP contribution >= 0.6 is 0 Å². The second-order valence-electron chi connectivity index (χ2n) is 3.58. The van der Waals surface area contributed by atoms with Crippen LogP contribution in [0.15, 0.2) is 35.7 Å². The molecule has 0 aliphatic carbocycles. The fourth-order valence-electron chi connectivity index (χ4n) is 1.38. The maximum Gasteiger partial charge on any atom is 0.170 e. The van der Waals surface area contributed by atoms with E-state index in [9.17, 15) is 4.39 Å². The highest BCUT2D eigenvalue weighted by molar-refractivity contribution is 5.97. The minimum atomic E-state index is -0.608. The molecule has 1 aromatic heterocycles. The zero-order chi connectivity index (χ0) is 13.1. The van der Waals surface area contributed by atoms with Crippen LogP contribution < -0.4 is 10.5 Å². The SMILES string of the molecule is Cn1cc(Oc2ccc(/C(N)=N/O)cc2F)cn1. The maximum atomic E-state index is 13.7. The topological polar surface area (TPSA) is 85.7 Å². The number of rotatable bonds is 3. The standard InChI is InChI=1S/C11H11FN4O2/c1-16-6-8(5-14-16)18-10-3-2-7(4-9(10)12)11(13)15-17/h2-6,17H,1H3,(H2,13,15). The molecule has 0 spiro atoms. The smallest absolute Gasteiger partial charge is 0.170 e. The summed E-state index contributed by atoms with van der Waals surface area (Å²) in [6.45, 7) is 0. The van der Waals surface area contributed by atoms with Crippen LogP contribution in [-0.4, -0.2) is 20.8 Å². The average Bonchev–Trinajstić information content (AvgIpc) is 2.76. The molecule has 0 fully saturated rings. The number of hydrogen-bond acceptors (Lipinski definition) is 4. The van der Waals surface area contributed by atoms with Gasteiger partial charge in [0.05, 0.1) is 12.4 Å². The van der Waals surface area contributed by atoms with E-state index >= 15 is 0 Å². The first-order valence-corrected chi connectivity index (χ1v) is 5.04. The van der Waals surface area contributed by atoms with Gasteiger partial charge in [0.25, 0.3) is 0 Å². The molecule has 2 aromatic rings. The number of benzene rings is 1. The van der Waals surface area contributed by atoms with E-state index in [2.05, 4.69) is 10.3 Å². The highest BCUT2D eigenvalue weighted by atomic mass is 19.1. The van der Waals surface area contributed by atoms with Crippen molar-refractivity contribution in [1.29, 1.82) is 0 Å². The van der Waals surface area contributed by atoms with Gasteiger partial charge in [0.2, 0.25) is 0 Å². The predicted molar refractivity (Wildman–Crippen MR) is 62.2 cm³/mol. The molecule has 1 heterocycles. The Bertz CT molecular complexity index is 594. The molecule has 7 heteroatoms. The van der Waals surface area contributed by atoms with Crippen molar-refractivity contribution in [1.82, 2.24) is 9.78 Å². The van der Waals surface area contributed by atoms with Gasteiger partial charge in [0.15, 0.2) is 23.2 Å². The Balaban J connectivity index is 2.25. The lowest BCUT2D eigenvalue weighted by molar-refractivity contribution is 0.318. The first-order chi connectivity index (χ1) is 8.60. The fraction of sp³-hybridized carbons (Fsp3) is 0.0909. The molecule has 0 radical (unpaired) electrons. The Labute approximate surface area is 102 Å². The van der Waals surface area contributed by atoms with E-state index in [-0.39, 0.29) is 17.1 Å². The van der Waals surface area contributed by atoms with Crippen LogP contribution in [0.4, 0.5) is 4.39 Å². The van der Waals surface area contributed by atoms with Crippen LogP contribution in [0.2, 0.25) is 0 Å². The number of hydrogen-bond donors (Lipinski definition) is 2. The minimum Gasteiger partial charge on any atom is -0.451 e. The van der Waals surface area contributed by atoms with Crippen molar-refractivity contribution in [3.63, 3.8) is 0 Å². The molecule has 0 aliphatic rings. The van der Waals surface area contributed by atoms with Gasteiger partial charge in [-0.25, -0.2) is 4.39 Å². The molecular formula is C11H11FN4O2.